The van der Waals surface area contributed by atoms with Gasteiger partial charge in [0.25, 0.3) is 0 Å². The van der Waals surface area contributed by atoms with Gasteiger partial charge in [0.05, 0.1) is 7.11 Å². The van der Waals surface area contributed by atoms with E-state index in [4.69, 9.17) is 10.5 Å². The van der Waals surface area contributed by atoms with Crippen LogP contribution in [0.1, 0.15) is 19.8 Å². The van der Waals surface area contributed by atoms with Gasteiger partial charge >= 0.3 is 0 Å². The molecule has 0 aliphatic rings. The summed E-state index contributed by atoms with van der Waals surface area (Å²) in [7, 11) is 1.61. The van der Waals surface area contributed by atoms with E-state index in [-0.39, 0.29) is 11.9 Å². The Morgan fingerprint density at radius 2 is 2.06 bits per heavy atom. The van der Waals surface area contributed by atoms with Gasteiger partial charge < -0.3 is 15.8 Å². The molecule has 16 heavy (non-hydrogen) atoms. The topological polar surface area (TPSA) is 64.3 Å². The minimum Gasteiger partial charge on any atom is -0.497 e. The number of hydrogen-bond acceptors (Lipinski definition) is 3. The van der Waals surface area contributed by atoms with Gasteiger partial charge in [-0.1, -0.05) is 0 Å². The zero-order valence-electron chi connectivity index (χ0n) is 9.69. The maximum atomic E-state index is 11.5. The van der Waals surface area contributed by atoms with Crippen LogP contribution in [0.4, 0.5) is 5.69 Å². The lowest BCUT2D eigenvalue weighted by molar-refractivity contribution is -0.116. The summed E-state index contributed by atoms with van der Waals surface area (Å²) in [6.07, 6.45) is 1.14. The second kappa shape index (κ2) is 6.12. The monoisotopic (exact) mass is 222 g/mol. The normalized spacial score (nSPS) is 11.9. The summed E-state index contributed by atoms with van der Waals surface area (Å²) in [5.41, 5.74) is 6.35. The first-order chi connectivity index (χ1) is 7.61. The molecule has 4 heteroatoms. The van der Waals surface area contributed by atoms with Crippen LogP contribution >= 0.6 is 0 Å². The molecular formula is C12H18N2O2. The third kappa shape index (κ3) is 4.31. The Hall–Kier alpha value is -1.55. The Labute approximate surface area is 95.8 Å². The van der Waals surface area contributed by atoms with Gasteiger partial charge in [0.15, 0.2) is 0 Å². The molecule has 1 rings (SSSR count). The maximum absolute atomic E-state index is 11.5. The average Bonchev–Trinajstić information content (AvgIpc) is 2.27. The number of carbonyl (C=O) groups excluding carboxylic acids is 1. The summed E-state index contributed by atoms with van der Waals surface area (Å²) in [6, 6.07) is 7.29. The number of hydrogen-bond donors (Lipinski definition) is 2. The van der Waals surface area contributed by atoms with Gasteiger partial charge in [-0.25, -0.2) is 0 Å². The Kier molecular flexibility index (Phi) is 4.79. The molecule has 1 aromatic rings. The number of anilines is 1. The van der Waals surface area contributed by atoms with Gasteiger partial charge in [-0.05, 0) is 37.6 Å². The number of nitrogens with two attached hydrogens (primary N) is 1. The summed E-state index contributed by atoms with van der Waals surface area (Å²) in [4.78, 5) is 11.5. The first-order valence-corrected chi connectivity index (χ1v) is 5.31. The molecule has 0 aliphatic heterocycles. The van der Waals surface area contributed by atoms with Crippen LogP contribution in [0, 0.1) is 0 Å². The predicted molar refractivity (Wildman–Crippen MR) is 64.5 cm³/mol. The minimum absolute atomic E-state index is 0.0116. The number of methoxy groups -OCH3 is 1. The second-order valence-electron chi connectivity index (χ2n) is 3.79. The number of nitrogens with one attached hydrogen (secondary N) is 1. The molecule has 1 unspecified atom stereocenters. The predicted octanol–water partition coefficient (Wildman–Crippen LogP) is 1.76. The van der Waals surface area contributed by atoms with Gasteiger partial charge in [0.1, 0.15) is 5.75 Å². The molecule has 1 aromatic carbocycles. The molecule has 0 fully saturated rings. The second-order valence-corrected chi connectivity index (χ2v) is 3.79. The highest BCUT2D eigenvalue weighted by Crippen LogP contribution is 2.15. The van der Waals surface area contributed by atoms with Gasteiger partial charge in [-0.15, -0.1) is 0 Å². The molecule has 88 valence electrons. The minimum atomic E-state index is -0.0116. The van der Waals surface area contributed by atoms with E-state index in [1.807, 2.05) is 19.1 Å². The molecule has 0 saturated heterocycles. The molecule has 0 saturated carbocycles. The molecule has 0 aromatic heterocycles. The van der Waals surface area contributed by atoms with Crippen molar-refractivity contribution < 1.29 is 9.53 Å². The van der Waals surface area contributed by atoms with Crippen molar-refractivity contribution in [3.8, 4) is 5.75 Å². The highest BCUT2D eigenvalue weighted by molar-refractivity contribution is 5.90. The number of ether oxygens (including phenoxy) is 1. The van der Waals surface area contributed by atoms with Crippen molar-refractivity contribution >= 4 is 11.6 Å². The summed E-state index contributed by atoms with van der Waals surface area (Å²) in [5, 5.41) is 2.80. The van der Waals surface area contributed by atoms with E-state index in [2.05, 4.69) is 5.32 Å². The summed E-state index contributed by atoms with van der Waals surface area (Å²) >= 11 is 0. The molecule has 1 atom stereocenters. The molecule has 0 heterocycles. The smallest absolute Gasteiger partial charge is 0.224 e. The van der Waals surface area contributed by atoms with Gasteiger partial charge in [0, 0.05) is 18.2 Å². The van der Waals surface area contributed by atoms with Crippen LogP contribution in [0.25, 0.3) is 0 Å². The highest BCUT2D eigenvalue weighted by atomic mass is 16.5. The van der Waals surface area contributed by atoms with Crippen LogP contribution < -0.4 is 15.8 Å². The van der Waals surface area contributed by atoms with Crippen molar-refractivity contribution in [3.63, 3.8) is 0 Å². The van der Waals surface area contributed by atoms with E-state index >= 15 is 0 Å². The third-order valence-corrected chi connectivity index (χ3v) is 2.20. The molecule has 0 aliphatic carbocycles. The Morgan fingerprint density at radius 3 is 2.56 bits per heavy atom. The van der Waals surface area contributed by atoms with Crippen LogP contribution in [0.2, 0.25) is 0 Å². The van der Waals surface area contributed by atoms with Crippen LogP contribution in [-0.4, -0.2) is 19.1 Å². The highest BCUT2D eigenvalue weighted by Gasteiger charge is 2.04. The fourth-order valence-corrected chi connectivity index (χ4v) is 1.26. The quantitative estimate of drug-likeness (QED) is 0.798. The SMILES string of the molecule is COc1ccc(NC(=O)CCC(C)N)cc1. The lowest BCUT2D eigenvalue weighted by Gasteiger charge is -2.07. The van der Waals surface area contributed by atoms with E-state index in [1.165, 1.54) is 0 Å². The standard InChI is InChI=1S/C12H18N2O2/c1-9(13)3-8-12(15)14-10-4-6-11(16-2)7-5-10/h4-7,9H,3,8,13H2,1-2H3,(H,14,15). The van der Waals surface area contributed by atoms with Crippen LogP contribution in [0.15, 0.2) is 24.3 Å². The average molecular weight is 222 g/mol. The van der Waals surface area contributed by atoms with Crippen molar-refractivity contribution in [1.29, 1.82) is 0 Å². The molecule has 3 N–H and O–H groups in total. The Bertz CT molecular complexity index is 333. The van der Waals surface area contributed by atoms with Crippen molar-refractivity contribution in [2.75, 3.05) is 12.4 Å². The van der Waals surface area contributed by atoms with Crippen molar-refractivity contribution in [2.45, 2.75) is 25.8 Å². The Balaban J connectivity index is 2.43. The van der Waals surface area contributed by atoms with E-state index in [0.717, 1.165) is 11.4 Å². The van der Waals surface area contributed by atoms with Crippen LogP contribution in [-0.2, 0) is 4.79 Å². The largest absolute Gasteiger partial charge is 0.497 e. The first kappa shape index (κ1) is 12.5. The fourth-order valence-electron chi connectivity index (χ4n) is 1.26. The zero-order chi connectivity index (χ0) is 12.0. The van der Waals surface area contributed by atoms with Gasteiger partial charge in [-0.3, -0.25) is 4.79 Å². The Morgan fingerprint density at radius 1 is 1.44 bits per heavy atom. The summed E-state index contributed by atoms with van der Waals surface area (Å²) < 4.78 is 5.02. The van der Waals surface area contributed by atoms with Crippen molar-refractivity contribution in [2.24, 2.45) is 5.73 Å². The summed E-state index contributed by atoms with van der Waals surface area (Å²) in [5.74, 6) is 0.760. The fraction of sp³-hybridized carbons (Fsp3) is 0.417. The van der Waals surface area contributed by atoms with Crippen molar-refractivity contribution in [1.82, 2.24) is 0 Å². The molecular weight excluding hydrogens is 204 g/mol. The molecule has 4 nitrogen and oxygen atoms in total. The third-order valence-electron chi connectivity index (χ3n) is 2.20. The lowest BCUT2D eigenvalue weighted by atomic mass is 10.2. The molecule has 0 radical (unpaired) electrons. The lowest BCUT2D eigenvalue weighted by Crippen LogP contribution is -2.19. The molecule has 0 bridgehead atoms. The van der Waals surface area contributed by atoms with Gasteiger partial charge in [0.2, 0.25) is 5.91 Å². The number of rotatable bonds is 5. The van der Waals surface area contributed by atoms with Gasteiger partial charge in [-0.2, -0.15) is 0 Å². The van der Waals surface area contributed by atoms with E-state index in [9.17, 15) is 4.79 Å². The number of amides is 1. The van der Waals surface area contributed by atoms with Crippen molar-refractivity contribution in [3.05, 3.63) is 24.3 Å². The molecule has 1 amide bonds. The maximum Gasteiger partial charge on any atom is 0.224 e. The van der Waals surface area contributed by atoms with E-state index in [0.29, 0.717) is 12.8 Å². The van der Waals surface area contributed by atoms with Crippen LogP contribution in [0.3, 0.4) is 0 Å². The van der Waals surface area contributed by atoms with Crippen LogP contribution in [0.5, 0.6) is 5.75 Å². The summed E-state index contributed by atoms with van der Waals surface area (Å²) in [6.45, 7) is 1.89. The first-order valence-electron chi connectivity index (χ1n) is 5.31. The van der Waals surface area contributed by atoms with E-state index in [1.54, 1.807) is 19.2 Å². The number of benzene rings is 1. The van der Waals surface area contributed by atoms with E-state index < -0.39 is 0 Å². The zero-order valence-corrected chi connectivity index (χ0v) is 9.69. The number of carbonyl (C=O) groups is 1. The molecule has 0 spiro atoms.